The summed E-state index contributed by atoms with van der Waals surface area (Å²) in [5.41, 5.74) is 1.31. The van der Waals surface area contributed by atoms with Gasteiger partial charge in [-0.2, -0.15) is 0 Å². The van der Waals surface area contributed by atoms with Gasteiger partial charge in [0.25, 0.3) is 0 Å². The van der Waals surface area contributed by atoms with Crippen LogP contribution in [0.5, 0.6) is 0 Å². The zero-order valence-electron chi connectivity index (χ0n) is 7.28. The Kier molecular flexibility index (Phi) is 3.62. The second-order valence-electron chi connectivity index (χ2n) is 2.93. The summed E-state index contributed by atoms with van der Waals surface area (Å²) in [6.07, 6.45) is 0. The first-order chi connectivity index (χ1) is 6.77. The van der Waals surface area contributed by atoms with Gasteiger partial charge in [-0.1, -0.05) is 34.1 Å². The largest absolute Gasteiger partial charge is 0.147 e. The van der Waals surface area contributed by atoms with Crippen molar-refractivity contribution in [2.24, 2.45) is 0 Å². The van der Waals surface area contributed by atoms with E-state index in [0.29, 0.717) is 4.83 Å². The SMILES string of the molecule is BrC(c1ccc(I)cc1)c1cccs1. The summed E-state index contributed by atoms with van der Waals surface area (Å²) in [6, 6.07) is 12.8. The fourth-order valence-corrected chi connectivity index (χ4v) is 3.10. The van der Waals surface area contributed by atoms with Crippen molar-refractivity contribution in [3.8, 4) is 0 Å². The molecule has 1 aromatic heterocycles. The van der Waals surface area contributed by atoms with E-state index in [-0.39, 0.29) is 0 Å². The molecule has 72 valence electrons. The molecule has 0 nitrogen and oxygen atoms in total. The Morgan fingerprint density at radius 2 is 1.86 bits per heavy atom. The maximum absolute atomic E-state index is 3.71. The lowest BCUT2D eigenvalue weighted by atomic mass is 10.1. The molecule has 0 saturated carbocycles. The highest BCUT2D eigenvalue weighted by atomic mass is 127. The number of rotatable bonds is 2. The van der Waals surface area contributed by atoms with Crippen molar-refractivity contribution in [3.05, 3.63) is 55.8 Å². The van der Waals surface area contributed by atoms with Gasteiger partial charge in [0.1, 0.15) is 0 Å². The van der Waals surface area contributed by atoms with Gasteiger partial charge in [0.15, 0.2) is 0 Å². The smallest absolute Gasteiger partial charge is 0.0738 e. The Morgan fingerprint density at radius 1 is 1.14 bits per heavy atom. The molecule has 0 bridgehead atoms. The minimum atomic E-state index is 0.333. The lowest BCUT2D eigenvalue weighted by molar-refractivity contribution is 1.22. The number of hydrogen-bond acceptors (Lipinski definition) is 1. The molecule has 0 N–H and O–H groups in total. The Balaban J connectivity index is 2.28. The van der Waals surface area contributed by atoms with Crippen LogP contribution in [0.3, 0.4) is 0 Å². The summed E-state index contributed by atoms with van der Waals surface area (Å²) in [5.74, 6) is 0. The summed E-state index contributed by atoms with van der Waals surface area (Å²) in [5, 5.41) is 2.11. The van der Waals surface area contributed by atoms with Crippen LogP contribution in [-0.4, -0.2) is 0 Å². The second-order valence-corrected chi connectivity index (χ2v) is 6.07. The molecule has 0 amide bonds. The van der Waals surface area contributed by atoms with Crippen molar-refractivity contribution in [2.75, 3.05) is 0 Å². The molecule has 1 unspecified atom stereocenters. The van der Waals surface area contributed by atoms with E-state index >= 15 is 0 Å². The number of alkyl halides is 1. The molecule has 0 aliphatic heterocycles. The van der Waals surface area contributed by atoms with Crippen LogP contribution in [0.15, 0.2) is 41.8 Å². The average molecular weight is 379 g/mol. The van der Waals surface area contributed by atoms with Gasteiger partial charge in [0, 0.05) is 8.45 Å². The summed E-state index contributed by atoms with van der Waals surface area (Å²) >= 11 is 7.81. The van der Waals surface area contributed by atoms with Gasteiger partial charge in [0.05, 0.1) is 4.83 Å². The van der Waals surface area contributed by atoms with Crippen molar-refractivity contribution in [2.45, 2.75) is 4.83 Å². The van der Waals surface area contributed by atoms with E-state index in [4.69, 9.17) is 0 Å². The molecule has 0 aliphatic carbocycles. The van der Waals surface area contributed by atoms with Crippen LogP contribution < -0.4 is 0 Å². The van der Waals surface area contributed by atoms with Crippen molar-refractivity contribution >= 4 is 49.9 Å². The van der Waals surface area contributed by atoms with Gasteiger partial charge in [-0.15, -0.1) is 11.3 Å². The molecular formula is C11H8BrIS. The third kappa shape index (κ3) is 2.38. The molecule has 3 heteroatoms. The molecule has 14 heavy (non-hydrogen) atoms. The predicted molar refractivity (Wildman–Crippen MR) is 74.2 cm³/mol. The van der Waals surface area contributed by atoms with Gasteiger partial charge in [-0.05, 0) is 51.7 Å². The summed E-state index contributed by atoms with van der Waals surface area (Å²) in [6.45, 7) is 0. The van der Waals surface area contributed by atoms with Gasteiger partial charge >= 0.3 is 0 Å². The molecule has 1 atom stereocenters. The predicted octanol–water partition coefficient (Wildman–Crippen LogP) is 4.84. The highest BCUT2D eigenvalue weighted by molar-refractivity contribution is 14.1. The maximum Gasteiger partial charge on any atom is 0.0738 e. The van der Waals surface area contributed by atoms with Crippen LogP contribution in [0.4, 0.5) is 0 Å². The Hall–Kier alpha value is 0.130. The van der Waals surface area contributed by atoms with E-state index in [0.717, 1.165) is 0 Å². The third-order valence-electron chi connectivity index (χ3n) is 1.96. The zero-order chi connectivity index (χ0) is 9.97. The molecular weight excluding hydrogens is 371 g/mol. The average Bonchev–Trinajstić information content (AvgIpc) is 2.71. The highest BCUT2D eigenvalue weighted by Gasteiger charge is 2.10. The summed E-state index contributed by atoms with van der Waals surface area (Å²) < 4.78 is 1.28. The number of hydrogen-bond donors (Lipinski definition) is 0. The maximum atomic E-state index is 3.71. The van der Waals surface area contributed by atoms with E-state index in [9.17, 15) is 0 Å². The molecule has 0 aliphatic rings. The highest BCUT2D eigenvalue weighted by Crippen LogP contribution is 2.33. The number of thiophene rings is 1. The van der Waals surface area contributed by atoms with Crippen LogP contribution >= 0.6 is 49.9 Å². The Bertz CT molecular complexity index is 394. The van der Waals surface area contributed by atoms with Crippen LogP contribution in [-0.2, 0) is 0 Å². The molecule has 1 heterocycles. The first-order valence-corrected chi connectivity index (χ1v) is 7.08. The summed E-state index contributed by atoms with van der Waals surface area (Å²) in [7, 11) is 0. The van der Waals surface area contributed by atoms with Crippen LogP contribution in [0.25, 0.3) is 0 Å². The van der Waals surface area contributed by atoms with Gasteiger partial charge in [-0.3, -0.25) is 0 Å². The molecule has 0 spiro atoms. The molecule has 0 saturated heterocycles. The standard InChI is InChI=1S/C11H8BrIS/c12-11(10-2-1-7-14-10)8-3-5-9(13)6-4-8/h1-7,11H. The fraction of sp³-hybridized carbons (Fsp3) is 0.0909. The van der Waals surface area contributed by atoms with E-state index in [2.05, 4.69) is 80.3 Å². The topological polar surface area (TPSA) is 0 Å². The monoisotopic (exact) mass is 378 g/mol. The van der Waals surface area contributed by atoms with Gasteiger partial charge in [0.2, 0.25) is 0 Å². The van der Waals surface area contributed by atoms with Crippen molar-refractivity contribution < 1.29 is 0 Å². The summed E-state index contributed by atoms with van der Waals surface area (Å²) in [4.78, 5) is 1.69. The van der Waals surface area contributed by atoms with Crippen LogP contribution in [0.1, 0.15) is 15.3 Å². The fourth-order valence-electron chi connectivity index (χ4n) is 1.23. The van der Waals surface area contributed by atoms with Gasteiger partial charge < -0.3 is 0 Å². The third-order valence-corrected chi connectivity index (χ3v) is 4.94. The Morgan fingerprint density at radius 3 is 2.43 bits per heavy atom. The lowest BCUT2D eigenvalue weighted by Crippen LogP contribution is -1.88. The molecule has 1 aromatic carbocycles. The van der Waals surface area contributed by atoms with E-state index in [1.54, 1.807) is 11.3 Å². The van der Waals surface area contributed by atoms with Crippen LogP contribution in [0, 0.1) is 3.57 Å². The second kappa shape index (κ2) is 4.77. The van der Waals surface area contributed by atoms with E-state index < -0.39 is 0 Å². The normalized spacial score (nSPS) is 12.7. The molecule has 0 fully saturated rings. The first-order valence-electron chi connectivity index (χ1n) is 4.20. The zero-order valence-corrected chi connectivity index (χ0v) is 11.8. The molecule has 0 radical (unpaired) electrons. The van der Waals surface area contributed by atoms with Crippen molar-refractivity contribution in [1.29, 1.82) is 0 Å². The van der Waals surface area contributed by atoms with E-state index in [1.807, 2.05) is 0 Å². The van der Waals surface area contributed by atoms with E-state index in [1.165, 1.54) is 14.0 Å². The van der Waals surface area contributed by atoms with Gasteiger partial charge in [-0.25, -0.2) is 0 Å². The number of benzene rings is 1. The number of halogens is 2. The molecule has 2 rings (SSSR count). The Labute approximate surface area is 110 Å². The van der Waals surface area contributed by atoms with Crippen molar-refractivity contribution in [1.82, 2.24) is 0 Å². The van der Waals surface area contributed by atoms with Crippen LogP contribution in [0.2, 0.25) is 0 Å². The quantitative estimate of drug-likeness (QED) is 0.518. The minimum absolute atomic E-state index is 0.333. The minimum Gasteiger partial charge on any atom is -0.147 e. The van der Waals surface area contributed by atoms with Crippen molar-refractivity contribution in [3.63, 3.8) is 0 Å². The lowest BCUT2D eigenvalue weighted by Gasteiger charge is -2.07. The molecule has 2 aromatic rings. The first kappa shape index (κ1) is 10.6.